The van der Waals surface area contributed by atoms with Crippen molar-refractivity contribution in [2.75, 3.05) is 0 Å². The molecule has 1 nitrogen and oxygen atoms in total. The fourth-order valence-electron chi connectivity index (χ4n) is 1.54. The first kappa shape index (κ1) is 13.4. The first-order valence-corrected chi connectivity index (χ1v) is 7.35. The normalized spacial score (nSPS) is 12.7. The van der Waals surface area contributed by atoms with Crippen LogP contribution in [0.25, 0.3) is 0 Å². The van der Waals surface area contributed by atoms with Gasteiger partial charge in [0.15, 0.2) is 0 Å². The van der Waals surface area contributed by atoms with Crippen LogP contribution in [0.5, 0.6) is 0 Å². The number of hydrogen-bond donors (Lipinski definition) is 1. The third kappa shape index (κ3) is 3.24. The zero-order chi connectivity index (χ0) is 12.4. The van der Waals surface area contributed by atoms with Crippen molar-refractivity contribution in [1.82, 2.24) is 0 Å². The Morgan fingerprint density at radius 2 is 2.06 bits per heavy atom. The molecule has 0 radical (unpaired) electrons. The Morgan fingerprint density at radius 3 is 2.71 bits per heavy atom. The van der Waals surface area contributed by atoms with Crippen molar-refractivity contribution in [2.45, 2.75) is 12.5 Å². The molecular weight excluding hydrogens is 343 g/mol. The van der Waals surface area contributed by atoms with Crippen molar-refractivity contribution in [2.24, 2.45) is 0 Å². The summed E-state index contributed by atoms with van der Waals surface area (Å²) in [7, 11) is 0. The molecule has 1 unspecified atom stereocenters. The minimum absolute atomic E-state index is 0.457. The maximum Gasteiger partial charge on any atom is 0.0934 e. The van der Waals surface area contributed by atoms with Crippen LogP contribution in [0.3, 0.4) is 0 Å². The highest BCUT2D eigenvalue weighted by Crippen LogP contribution is 2.32. The highest BCUT2D eigenvalue weighted by atomic mass is 79.9. The number of hydrogen-bond acceptors (Lipinski definition) is 2. The fraction of sp³-hybridized carbons (Fsp3) is 0.167. The summed E-state index contributed by atoms with van der Waals surface area (Å²) < 4.78 is 0.924. The van der Waals surface area contributed by atoms with E-state index >= 15 is 0 Å². The molecule has 90 valence electrons. The van der Waals surface area contributed by atoms with Crippen molar-refractivity contribution in [3.8, 4) is 0 Å². The lowest BCUT2D eigenvalue weighted by Gasteiger charge is -2.11. The van der Waals surface area contributed by atoms with Gasteiger partial charge in [0, 0.05) is 25.8 Å². The molecule has 1 aromatic carbocycles. The molecule has 0 fully saturated rings. The number of halogens is 3. The Morgan fingerprint density at radius 1 is 1.29 bits per heavy atom. The third-order valence-electron chi connectivity index (χ3n) is 2.37. The quantitative estimate of drug-likeness (QED) is 0.816. The van der Waals surface area contributed by atoms with Gasteiger partial charge in [-0.2, -0.15) is 0 Å². The van der Waals surface area contributed by atoms with E-state index in [9.17, 15) is 5.11 Å². The van der Waals surface area contributed by atoms with Gasteiger partial charge in [-0.05, 0) is 51.1 Å². The molecule has 0 aliphatic carbocycles. The lowest BCUT2D eigenvalue weighted by atomic mass is 10.1. The Labute approximate surface area is 122 Å². The third-order valence-corrected chi connectivity index (χ3v) is 4.94. The van der Waals surface area contributed by atoms with Gasteiger partial charge in [-0.15, -0.1) is 11.3 Å². The van der Waals surface area contributed by atoms with Gasteiger partial charge in [0.25, 0.3) is 0 Å². The van der Waals surface area contributed by atoms with Crippen LogP contribution in [0.1, 0.15) is 16.5 Å². The molecule has 1 heterocycles. The van der Waals surface area contributed by atoms with Crippen LogP contribution in [0.2, 0.25) is 10.0 Å². The first-order valence-electron chi connectivity index (χ1n) is 4.93. The molecule has 2 aromatic rings. The predicted octanol–water partition coefficient (Wildman–Crippen LogP) is 5.09. The zero-order valence-corrected chi connectivity index (χ0v) is 12.6. The Bertz CT molecular complexity index is 527. The molecular formula is C12H9BrCl2OS. The average molecular weight is 352 g/mol. The summed E-state index contributed by atoms with van der Waals surface area (Å²) in [5.41, 5.74) is 0.854. The van der Waals surface area contributed by atoms with Gasteiger partial charge in [-0.1, -0.05) is 23.2 Å². The highest BCUT2D eigenvalue weighted by Gasteiger charge is 2.15. The minimum atomic E-state index is -0.569. The number of thiophene rings is 1. The largest absolute Gasteiger partial charge is 0.387 e. The van der Waals surface area contributed by atoms with Crippen LogP contribution in [-0.2, 0) is 6.42 Å². The van der Waals surface area contributed by atoms with E-state index < -0.39 is 6.10 Å². The lowest BCUT2D eigenvalue weighted by Crippen LogP contribution is -2.00. The van der Waals surface area contributed by atoms with E-state index in [-0.39, 0.29) is 0 Å². The molecule has 1 atom stereocenters. The van der Waals surface area contributed by atoms with Crippen LogP contribution in [0, 0.1) is 0 Å². The molecule has 0 saturated carbocycles. The Balaban J connectivity index is 2.21. The van der Waals surface area contributed by atoms with Gasteiger partial charge >= 0.3 is 0 Å². The summed E-state index contributed by atoms with van der Waals surface area (Å²) in [4.78, 5) is 0.904. The molecule has 1 N–H and O–H groups in total. The van der Waals surface area contributed by atoms with Crippen molar-refractivity contribution in [3.05, 3.63) is 54.6 Å². The van der Waals surface area contributed by atoms with Gasteiger partial charge in [0.2, 0.25) is 0 Å². The number of rotatable bonds is 3. The molecule has 17 heavy (non-hydrogen) atoms. The van der Waals surface area contributed by atoms with Crippen molar-refractivity contribution >= 4 is 50.5 Å². The summed E-state index contributed by atoms with van der Waals surface area (Å²) in [5, 5.41) is 13.3. The van der Waals surface area contributed by atoms with Crippen molar-refractivity contribution in [3.63, 3.8) is 0 Å². The van der Waals surface area contributed by atoms with E-state index in [0.29, 0.717) is 16.5 Å². The molecule has 0 aliphatic rings. The van der Waals surface area contributed by atoms with Crippen molar-refractivity contribution in [1.29, 1.82) is 0 Å². The number of benzene rings is 1. The van der Waals surface area contributed by atoms with Gasteiger partial charge in [-0.3, -0.25) is 0 Å². The molecule has 0 spiro atoms. The standard InChI is InChI=1S/C12H9BrCl2OS/c13-9-3-4-17-12(9)11(16)6-7-5-8(14)1-2-10(7)15/h1-5,11,16H,6H2. The second-order valence-electron chi connectivity index (χ2n) is 3.59. The van der Waals surface area contributed by atoms with E-state index in [1.807, 2.05) is 11.4 Å². The maximum atomic E-state index is 10.1. The van der Waals surface area contributed by atoms with Crippen LogP contribution in [0.4, 0.5) is 0 Å². The summed E-state index contributed by atoms with van der Waals surface area (Å²) in [6.07, 6.45) is -0.112. The Hall–Kier alpha value is -0.0600. The zero-order valence-electron chi connectivity index (χ0n) is 8.66. The van der Waals surface area contributed by atoms with E-state index in [2.05, 4.69) is 15.9 Å². The topological polar surface area (TPSA) is 20.2 Å². The maximum absolute atomic E-state index is 10.1. The summed E-state index contributed by atoms with van der Waals surface area (Å²) in [6.45, 7) is 0. The number of aliphatic hydroxyl groups is 1. The van der Waals surface area contributed by atoms with Gasteiger partial charge in [-0.25, -0.2) is 0 Å². The molecule has 5 heteroatoms. The van der Waals surface area contributed by atoms with Crippen LogP contribution < -0.4 is 0 Å². The van der Waals surface area contributed by atoms with Crippen LogP contribution in [0.15, 0.2) is 34.1 Å². The monoisotopic (exact) mass is 350 g/mol. The number of aliphatic hydroxyl groups excluding tert-OH is 1. The van der Waals surface area contributed by atoms with Crippen molar-refractivity contribution < 1.29 is 5.11 Å². The summed E-state index contributed by atoms with van der Waals surface area (Å²) in [6, 6.07) is 7.19. The SMILES string of the molecule is OC(Cc1cc(Cl)ccc1Cl)c1sccc1Br. The summed E-state index contributed by atoms with van der Waals surface area (Å²) in [5.74, 6) is 0. The molecule has 0 saturated heterocycles. The molecule has 1 aromatic heterocycles. The fourth-order valence-corrected chi connectivity index (χ4v) is 3.56. The molecule has 2 rings (SSSR count). The molecule has 0 aliphatic heterocycles. The van der Waals surface area contributed by atoms with Gasteiger partial charge in [0.05, 0.1) is 6.10 Å². The Kier molecular flexibility index (Phi) is 4.50. The molecule has 0 bridgehead atoms. The van der Waals surface area contributed by atoms with Crippen LogP contribution >= 0.6 is 50.5 Å². The van der Waals surface area contributed by atoms with Crippen LogP contribution in [-0.4, -0.2) is 5.11 Å². The van der Waals surface area contributed by atoms with E-state index in [1.54, 1.807) is 18.2 Å². The molecule has 0 amide bonds. The van der Waals surface area contributed by atoms with E-state index in [1.165, 1.54) is 11.3 Å². The highest BCUT2D eigenvalue weighted by molar-refractivity contribution is 9.10. The smallest absolute Gasteiger partial charge is 0.0934 e. The van der Waals surface area contributed by atoms with Gasteiger partial charge in [0.1, 0.15) is 0 Å². The second-order valence-corrected chi connectivity index (χ2v) is 6.23. The van der Waals surface area contributed by atoms with E-state index in [4.69, 9.17) is 23.2 Å². The first-order chi connectivity index (χ1) is 8.08. The summed E-state index contributed by atoms with van der Waals surface area (Å²) >= 11 is 16.9. The minimum Gasteiger partial charge on any atom is -0.387 e. The van der Waals surface area contributed by atoms with E-state index in [0.717, 1.165) is 14.9 Å². The second kappa shape index (κ2) is 5.72. The average Bonchev–Trinajstić information content (AvgIpc) is 2.70. The van der Waals surface area contributed by atoms with Gasteiger partial charge < -0.3 is 5.11 Å². The lowest BCUT2D eigenvalue weighted by molar-refractivity contribution is 0.181. The predicted molar refractivity (Wildman–Crippen MR) is 77.1 cm³/mol.